The van der Waals surface area contributed by atoms with Gasteiger partial charge in [0.2, 0.25) is 0 Å². The van der Waals surface area contributed by atoms with Crippen LogP contribution in [0.5, 0.6) is 5.75 Å². The lowest BCUT2D eigenvalue weighted by Gasteiger charge is -2.27. The summed E-state index contributed by atoms with van der Waals surface area (Å²) in [6, 6.07) is 6.70. The minimum atomic E-state index is -0.963. The van der Waals surface area contributed by atoms with Crippen molar-refractivity contribution >= 4 is 5.97 Å². The number of benzene rings is 1. The third-order valence-corrected chi connectivity index (χ3v) is 3.58. The number of rotatable bonds is 7. The number of ether oxygens (including phenoxy) is 1. The van der Waals surface area contributed by atoms with E-state index in [0.717, 1.165) is 6.54 Å². The van der Waals surface area contributed by atoms with Crippen LogP contribution in [0.4, 0.5) is 0 Å². The van der Waals surface area contributed by atoms with Crippen molar-refractivity contribution in [3.05, 3.63) is 29.8 Å². The van der Waals surface area contributed by atoms with Gasteiger partial charge in [-0.25, -0.2) is 4.79 Å². The van der Waals surface area contributed by atoms with E-state index in [0.29, 0.717) is 24.8 Å². The van der Waals surface area contributed by atoms with E-state index in [4.69, 9.17) is 9.84 Å². The zero-order valence-corrected chi connectivity index (χ0v) is 12.8. The SMILES string of the molecule is CC(CNCCOc1ccccc1C(=O)O)C(C)(C)C. The van der Waals surface area contributed by atoms with E-state index >= 15 is 0 Å². The molecular weight excluding hydrogens is 254 g/mol. The topological polar surface area (TPSA) is 58.6 Å². The monoisotopic (exact) mass is 279 g/mol. The fourth-order valence-electron chi connectivity index (χ4n) is 1.63. The molecule has 4 nitrogen and oxygen atoms in total. The smallest absolute Gasteiger partial charge is 0.339 e. The molecule has 112 valence electrons. The molecule has 0 saturated carbocycles. The molecule has 0 aliphatic heterocycles. The largest absolute Gasteiger partial charge is 0.491 e. The first-order chi connectivity index (χ1) is 9.32. The summed E-state index contributed by atoms with van der Waals surface area (Å²) in [6.45, 7) is 11.0. The molecule has 0 bridgehead atoms. The Morgan fingerprint density at radius 3 is 2.60 bits per heavy atom. The number of carbonyl (C=O) groups is 1. The van der Waals surface area contributed by atoms with Gasteiger partial charge in [-0.3, -0.25) is 0 Å². The van der Waals surface area contributed by atoms with Gasteiger partial charge >= 0.3 is 5.97 Å². The first-order valence-electron chi connectivity index (χ1n) is 6.98. The van der Waals surface area contributed by atoms with E-state index < -0.39 is 5.97 Å². The Kier molecular flexibility index (Phi) is 6.02. The van der Waals surface area contributed by atoms with Gasteiger partial charge in [0.1, 0.15) is 17.9 Å². The Bertz CT molecular complexity index is 438. The summed E-state index contributed by atoms with van der Waals surface area (Å²) < 4.78 is 5.52. The predicted molar refractivity (Wildman–Crippen MR) is 80.4 cm³/mol. The van der Waals surface area contributed by atoms with Crippen LogP contribution in [0.2, 0.25) is 0 Å². The molecule has 1 unspecified atom stereocenters. The van der Waals surface area contributed by atoms with Crippen molar-refractivity contribution in [2.45, 2.75) is 27.7 Å². The van der Waals surface area contributed by atoms with E-state index in [1.54, 1.807) is 24.3 Å². The van der Waals surface area contributed by atoms with Crippen LogP contribution in [0, 0.1) is 11.3 Å². The van der Waals surface area contributed by atoms with Crippen molar-refractivity contribution in [1.82, 2.24) is 5.32 Å². The Morgan fingerprint density at radius 2 is 2.00 bits per heavy atom. The maximum atomic E-state index is 11.0. The molecule has 0 aliphatic carbocycles. The van der Waals surface area contributed by atoms with Crippen molar-refractivity contribution in [2.24, 2.45) is 11.3 Å². The normalized spacial score (nSPS) is 13.0. The number of carboxylic acid groups (broad SMARTS) is 1. The van der Waals surface area contributed by atoms with E-state index in [1.807, 2.05) is 0 Å². The molecule has 1 aromatic rings. The molecule has 2 N–H and O–H groups in total. The minimum Gasteiger partial charge on any atom is -0.491 e. The molecule has 0 heterocycles. The average molecular weight is 279 g/mol. The van der Waals surface area contributed by atoms with Gasteiger partial charge in [-0.05, 0) is 30.0 Å². The van der Waals surface area contributed by atoms with E-state index in [9.17, 15) is 4.79 Å². The number of aromatic carboxylic acids is 1. The zero-order chi connectivity index (χ0) is 15.2. The molecule has 0 fully saturated rings. The van der Waals surface area contributed by atoms with Crippen LogP contribution in [0.25, 0.3) is 0 Å². The maximum Gasteiger partial charge on any atom is 0.339 e. The highest BCUT2D eigenvalue weighted by Crippen LogP contribution is 2.24. The van der Waals surface area contributed by atoms with Crippen LogP contribution in [-0.4, -0.2) is 30.8 Å². The highest BCUT2D eigenvalue weighted by molar-refractivity contribution is 5.90. The standard InChI is InChI=1S/C16H25NO3/c1-12(16(2,3)4)11-17-9-10-20-14-8-6-5-7-13(14)15(18)19/h5-8,12,17H,9-11H2,1-4H3,(H,18,19). The number of carboxylic acids is 1. The van der Waals surface area contributed by atoms with E-state index in [1.165, 1.54) is 0 Å². The van der Waals surface area contributed by atoms with Crippen LogP contribution in [-0.2, 0) is 0 Å². The summed E-state index contributed by atoms with van der Waals surface area (Å²) in [6.07, 6.45) is 0. The van der Waals surface area contributed by atoms with E-state index in [2.05, 4.69) is 33.0 Å². The predicted octanol–water partition coefficient (Wildman–Crippen LogP) is 3.04. The molecule has 4 heteroatoms. The average Bonchev–Trinajstić information content (AvgIpc) is 2.37. The number of hydrogen-bond donors (Lipinski definition) is 2. The minimum absolute atomic E-state index is 0.204. The fourth-order valence-corrected chi connectivity index (χ4v) is 1.63. The first-order valence-corrected chi connectivity index (χ1v) is 6.98. The molecule has 1 rings (SSSR count). The highest BCUT2D eigenvalue weighted by atomic mass is 16.5. The number of nitrogens with one attached hydrogen (secondary N) is 1. The van der Waals surface area contributed by atoms with Gasteiger partial charge in [-0.15, -0.1) is 0 Å². The molecule has 0 spiro atoms. The van der Waals surface area contributed by atoms with Gasteiger partial charge in [0.05, 0.1) is 0 Å². The summed E-state index contributed by atoms with van der Waals surface area (Å²) in [7, 11) is 0. The molecule has 1 atom stereocenters. The fraction of sp³-hybridized carbons (Fsp3) is 0.562. The molecule has 0 amide bonds. The van der Waals surface area contributed by atoms with Crippen molar-refractivity contribution in [1.29, 1.82) is 0 Å². The summed E-state index contributed by atoms with van der Waals surface area (Å²) >= 11 is 0. The van der Waals surface area contributed by atoms with Crippen LogP contribution in [0.3, 0.4) is 0 Å². The van der Waals surface area contributed by atoms with Gasteiger partial charge in [0.15, 0.2) is 0 Å². The maximum absolute atomic E-state index is 11.0. The van der Waals surface area contributed by atoms with Crippen LogP contribution in [0.15, 0.2) is 24.3 Å². The molecular formula is C16H25NO3. The van der Waals surface area contributed by atoms with Crippen LogP contribution >= 0.6 is 0 Å². The van der Waals surface area contributed by atoms with Gasteiger partial charge in [-0.1, -0.05) is 39.8 Å². The third-order valence-electron chi connectivity index (χ3n) is 3.58. The Morgan fingerprint density at radius 1 is 1.35 bits per heavy atom. The van der Waals surface area contributed by atoms with Crippen molar-refractivity contribution in [3.8, 4) is 5.75 Å². The van der Waals surface area contributed by atoms with Crippen molar-refractivity contribution in [2.75, 3.05) is 19.7 Å². The second-order valence-corrected chi connectivity index (χ2v) is 6.12. The Hall–Kier alpha value is -1.55. The quantitative estimate of drug-likeness (QED) is 0.753. The van der Waals surface area contributed by atoms with Crippen molar-refractivity contribution in [3.63, 3.8) is 0 Å². The molecule has 1 aromatic carbocycles. The van der Waals surface area contributed by atoms with Gasteiger partial charge in [-0.2, -0.15) is 0 Å². The molecule has 0 saturated heterocycles. The summed E-state index contributed by atoms with van der Waals surface area (Å²) in [5, 5.41) is 12.4. The Labute approximate surface area is 121 Å². The first kappa shape index (κ1) is 16.5. The lowest BCUT2D eigenvalue weighted by Crippen LogP contribution is -2.32. The van der Waals surface area contributed by atoms with Gasteiger partial charge in [0, 0.05) is 6.54 Å². The van der Waals surface area contributed by atoms with Crippen LogP contribution < -0.4 is 10.1 Å². The summed E-state index contributed by atoms with van der Waals surface area (Å²) in [4.78, 5) is 11.0. The van der Waals surface area contributed by atoms with Crippen LogP contribution in [0.1, 0.15) is 38.1 Å². The third kappa shape index (κ3) is 5.21. The lowest BCUT2D eigenvalue weighted by molar-refractivity contribution is 0.0692. The van der Waals surface area contributed by atoms with Crippen molar-refractivity contribution < 1.29 is 14.6 Å². The summed E-state index contributed by atoms with van der Waals surface area (Å²) in [5.74, 6) is 0.0226. The molecule has 20 heavy (non-hydrogen) atoms. The number of para-hydroxylation sites is 1. The Balaban J connectivity index is 2.34. The van der Waals surface area contributed by atoms with Gasteiger partial charge < -0.3 is 15.2 Å². The molecule has 0 aromatic heterocycles. The molecule has 0 radical (unpaired) electrons. The number of hydrogen-bond acceptors (Lipinski definition) is 3. The second-order valence-electron chi connectivity index (χ2n) is 6.12. The van der Waals surface area contributed by atoms with Gasteiger partial charge in [0.25, 0.3) is 0 Å². The molecule has 0 aliphatic rings. The van der Waals surface area contributed by atoms with E-state index in [-0.39, 0.29) is 11.0 Å². The zero-order valence-electron chi connectivity index (χ0n) is 12.8. The second kappa shape index (κ2) is 7.29. The summed E-state index contributed by atoms with van der Waals surface area (Å²) in [5.41, 5.74) is 0.486. The highest BCUT2D eigenvalue weighted by Gasteiger charge is 2.19. The lowest BCUT2D eigenvalue weighted by atomic mass is 9.82.